The SMILES string of the molecule is CC(C)(Nc1ccc(N)cc1C(F)(F)F)C(N)=O. The molecule has 18 heavy (non-hydrogen) atoms. The monoisotopic (exact) mass is 261 g/mol. The number of carbonyl (C=O) groups excluding carboxylic acids is 1. The van der Waals surface area contributed by atoms with E-state index in [9.17, 15) is 18.0 Å². The number of amides is 1. The fourth-order valence-electron chi connectivity index (χ4n) is 1.30. The molecule has 100 valence electrons. The highest BCUT2D eigenvalue weighted by molar-refractivity contribution is 5.87. The third-order valence-corrected chi connectivity index (χ3v) is 2.41. The van der Waals surface area contributed by atoms with E-state index in [-0.39, 0.29) is 11.4 Å². The number of anilines is 2. The molecule has 0 aliphatic carbocycles. The maximum atomic E-state index is 12.8. The van der Waals surface area contributed by atoms with Crippen molar-refractivity contribution in [2.24, 2.45) is 5.73 Å². The van der Waals surface area contributed by atoms with Crippen LogP contribution < -0.4 is 16.8 Å². The predicted octanol–water partition coefficient (Wildman–Crippen LogP) is 1.96. The molecule has 1 aromatic carbocycles. The lowest BCUT2D eigenvalue weighted by molar-refractivity contribution is -0.137. The van der Waals surface area contributed by atoms with E-state index in [4.69, 9.17) is 11.5 Å². The Bertz CT molecular complexity index is 469. The first kappa shape index (κ1) is 14.1. The number of primary amides is 1. The zero-order valence-corrected chi connectivity index (χ0v) is 9.93. The third kappa shape index (κ3) is 3.06. The van der Waals surface area contributed by atoms with Crippen molar-refractivity contribution in [2.75, 3.05) is 11.1 Å². The van der Waals surface area contributed by atoms with Crippen LogP contribution in [0.2, 0.25) is 0 Å². The number of hydrogen-bond donors (Lipinski definition) is 3. The van der Waals surface area contributed by atoms with Gasteiger partial charge in [-0.25, -0.2) is 0 Å². The van der Waals surface area contributed by atoms with Crippen LogP contribution in [0.4, 0.5) is 24.5 Å². The van der Waals surface area contributed by atoms with Crippen LogP contribution in [-0.2, 0) is 11.0 Å². The van der Waals surface area contributed by atoms with Crippen molar-refractivity contribution in [1.82, 2.24) is 0 Å². The summed E-state index contributed by atoms with van der Waals surface area (Å²) in [5, 5.41) is 2.47. The van der Waals surface area contributed by atoms with Gasteiger partial charge in [0.2, 0.25) is 5.91 Å². The second-order valence-electron chi connectivity index (χ2n) is 4.42. The molecule has 7 heteroatoms. The summed E-state index contributed by atoms with van der Waals surface area (Å²) in [6, 6.07) is 3.29. The van der Waals surface area contributed by atoms with Crippen LogP contribution in [0, 0.1) is 0 Å². The topological polar surface area (TPSA) is 81.1 Å². The summed E-state index contributed by atoms with van der Waals surface area (Å²) in [5.74, 6) is -0.757. The minimum absolute atomic E-state index is 0.00949. The van der Waals surface area contributed by atoms with Crippen molar-refractivity contribution in [1.29, 1.82) is 0 Å². The largest absolute Gasteiger partial charge is 0.418 e. The molecule has 0 aromatic heterocycles. The van der Waals surface area contributed by atoms with Crippen LogP contribution in [0.5, 0.6) is 0 Å². The molecule has 0 aliphatic heterocycles. The lowest BCUT2D eigenvalue weighted by atomic mass is 10.0. The van der Waals surface area contributed by atoms with Gasteiger partial charge in [-0.1, -0.05) is 0 Å². The van der Waals surface area contributed by atoms with E-state index in [1.54, 1.807) is 0 Å². The molecule has 0 radical (unpaired) electrons. The number of benzene rings is 1. The van der Waals surface area contributed by atoms with E-state index in [1.807, 2.05) is 0 Å². The van der Waals surface area contributed by atoms with E-state index >= 15 is 0 Å². The summed E-state index contributed by atoms with van der Waals surface area (Å²) < 4.78 is 38.4. The van der Waals surface area contributed by atoms with Crippen LogP contribution in [0.3, 0.4) is 0 Å². The lowest BCUT2D eigenvalue weighted by Gasteiger charge is -2.26. The lowest BCUT2D eigenvalue weighted by Crippen LogP contribution is -2.45. The Morgan fingerprint density at radius 1 is 1.28 bits per heavy atom. The summed E-state index contributed by atoms with van der Waals surface area (Å²) in [4.78, 5) is 11.1. The number of nitrogen functional groups attached to an aromatic ring is 1. The van der Waals surface area contributed by atoms with Gasteiger partial charge in [0.05, 0.1) is 5.56 Å². The Labute approximate surface area is 102 Å². The Hall–Kier alpha value is -1.92. The van der Waals surface area contributed by atoms with E-state index in [2.05, 4.69) is 5.32 Å². The van der Waals surface area contributed by atoms with Crippen molar-refractivity contribution in [2.45, 2.75) is 25.6 Å². The van der Waals surface area contributed by atoms with Gasteiger partial charge in [-0.3, -0.25) is 4.79 Å². The number of hydrogen-bond acceptors (Lipinski definition) is 3. The Morgan fingerprint density at radius 2 is 1.83 bits per heavy atom. The molecule has 0 unspecified atom stereocenters. The van der Waals surface area contributed by atoms with E-state index in [0.29, 0.717) is 0 Å². The second kappa shape index (κ2) is 4.40. The van der Waals surface area contributed by atoms with Crippen LogP contribution in [-0.4, -0.2) is 11.4 Å². The first-order valence-electron chi connectivity index (χ1n) is 5.09. The average molecular weight is 261 g/mol. The Kier molecular flexibility index (Phi) is 3.45. The fourth-order valence-corrected chi connectivity index (χ4v) is 1.30. The Balaban J connectivity index is 3.22. The molecule has 0 fully saturated rings. The van der Waals surface area contributed by atoms with Gasteiger partial charge in [0.25, 0.3) is 0 Å². The maximum Gasteiger partial charge on any atom is 0.418 e. The maximum absolute atomic E-state index is 12.8. The van der Waals surface area contributed by atoms with Gasteiger partial charge in [0.1, 0.15) is 5.54 Å². The molecule has 1 amide bonds. The summed E-state index contributed by atoms with van der Waals surface area (Å²) in [7, 11) is 0. The number of carbonyl (C=O) groups is 1. The highest BCUT2D eigenvalue weighted by Crippen LogP contribution is 2.37. The Morgan fingerprint density at radius 3 is 2.28 bits per heavy atom. The first-order chi connectivity index (χ1) is 8.04. The summed E-state index contributed by atoms with van der Waals surface area (Å²) in [5.41, 5.74) is 7.95. The second-order valence-corrected chi connectivity index (χ2v) is 4.42. The van der Waals surface area contributed by atoms with Crippen LogP contribution in [0.1, 0.15) is 19.4 Å². The minimum atomic E-state index is -4.56. The molecule has 5 N–H and O–H groups in total. The molecule has 0 bridgehead atoms. The zero-order chi connectivity index (χ0) is 14.1. The van der Waals surface area contributed by atoms with E-state index in [1.165, 1.54) is 26.0 Å². The molecule has 1 rings (SSSR count). The van der Waals surface area contributed by atoms with Gasteiger partial charge >= 0.3 is 6.18 Å². The number of nitrogens with one attached hydrogen (secondary N) is 1. The highest BCUT2D eigenvalue weighted by atomic mass is 19.4. The highest BCUT2D eigenvalue weighted by Gasteiger charge is 2.36. The average Bonchev–Trinajstić information content (AvgIpc) is 2.18. The van der Waals surface area contributed by atoms with Gasteiger partial charge in [0.15, 0.2) is 0 Å². The van der Waals surface area contributed by atoms with Crippen molar-refractivity contribution in [3.8, 4) is 0 Å². The standard InChI is InChI=1S/C11H14F3N3O/c1-10(2,9(16)18)17-8-4-3-6(15)5-7(8)11(12,13)14/h3-5,17H,15H2,1-2H3,(H2,16,18). The van der Waals surface area contributed by atoms with Crippen LogP contribution in [0.25, 0.3) is 0 Å². The van der Waals surface area contributed by atoms with Gasteiger partial charge < -0.3 is 16.8 Å². The number of alkyl halides is 3. The molecule has 1 aromatic rings. The number of rotatable bonds is 3. The summed E-state index contributed by atoms with van der Waals surface area (Å²) in [6.07, 6.45) is -4.56. The normalized spacial score (nSPS) is 12.3. The molecule has 0 aliphatic rings. The number of nitrogens with two attached hydrogens (primary N) is 2. The molecular weight excluding hydrogens is 247 g/mol. The van der Waals surface area contributed by atoms with Gasteiger partial charge in [-0.15, -0.1) is 0 Å². The summed E-state index contributed by atoms with van der Waals surface area (Å²) >= 11 is 0. The van der Waals surface area contributed by atoms with Crippen molar-refractivity contribution < 1.29 is 18.0 Å². The molecule has 0 atom stereocenters. The summed E-state index contributed by atoms with van der Waals surface area (Å²) in [6.45, 7) is 2.79. The quantitative estimate of drug-likeness (QED) is 0.727. The van der Waals surface area contributed by atoms with Crippen LogP contribution in [0.15, 0.2) is 18.2 Å². The van der Waals surface area contributed by atoms with Gasteiger partial charge in [0, 0.05) is 11.4 Å². The molecule has 0 heterocycles. The van der Waals surface area contributed by atoms with Gasteiger partial charge in [-0.05, 0) is 32.0 Å². The molecule has 0 saturated carbocycles. The third-order valence-electron chi connectivity index (χ3n) is 2.41. The van der Waals surface area contributed by atoms with E-state index in [0.717, 1.165) is 6.07 Å². The van der Waals surface area contributed by atoms with E-state index < -0.39 is 23.2 Å². The first-order valence-corrected chi connectivity index (χ1v) is 5.09. The molecule has 0 spiro atoms. The van der Waals surface area contributed by atoms with Crippen molar-refractivity contribution in [3.63, 3.8) is 0 Å². The smallest absolute Gasteiger partial charge is 0.399 e. The van der Waals surface area contributed by atoms with Crippen molar-refractivity contribution >= 4 is 17.3 Å². The van der Waals surface area contributed by atoms with Gasteiger partial charge in [-0.2, -0.15) is 13.2 Å². The molecule has 4 nitrogen and oxygen atoms in total. The fraction of sp³-hybridized carbons (Fsp3) is 0.364. The number of halogens is 3. The minimum Gasteiger partial charge on any atom is -0.399 e. The van der Waals surface area contributed by atoms with Crippen molar-refractivity contribution in [3.05, 3.63) is 23.8 Å². The predicted molar refractivity (Wildman–Crippen MR) is 62.8 cm³/mol. The molecular formula is C11H14F3N3O. The van der Waals surface area contributed by atoms with Crippen LogP contribution >= 0.6 is 0 Å². The zero-order valence-electron chi connectivity index (χ0n) is 9.93. The molecule has 0 saturated heterocycles.